The van der Waals surface area contributed by atoms with Gasteiger partial charge >= 0.3 is 0 Å². The maximum Gasteiger partial charge on any atom is 0.157 e. The fourth-order valence-electron chi connectivity index (χ4n) is 4.63. The smallest absolute Gasteiger partial charge is 0.157 e. The van der Waals surface area contributed by atoms with Crippen LogP contribution in [0.15, 0.2) is 72.6 Å². The molecule has 1 N–H and O–H groups in total. The van der Waals surface area contributed by atoms with Crippen LogP contribution in [0.5, 0.6) is 5.75 Å². The third kappa shape index (κ3) is 4.33. The van der Waals surface area contributed by atoms with Crippen LogP contribution in [0.2, 0.25) is 0 Å². The first-order chi connectivity index (χ1) is 17.7. The van der Waals surface area contributed by atoms with E-state index in [1.807, 2.05) is 35.0 Å². The Labute approximate surface area is 208 Å². The van der Waals surface area contributed by atoms with E-state index in [2.05, 4.69) is 33.0 Å². The Morgan fingerprint density at radius 3 is 2.72 bits per heavy atom. The molecule has 4 heterocycles. The molecule has 2 aromatic carbocycles. The zero-order valence-electron chi connectivity index (χ0n) is 20.0. The standard InChI is InChI=1S/C27H27FN6O2/c1-35-21-8-5-19(6-9-21)18-34-24(27-29-22-10-7-20(28)16-23(22)30-27)17-25(31-34)33-11-3-2-4-26(33)32-12-14-36-15-13-32/h2-10,16-17H,11-15,18H2,1H3,(H,29,30). The van der Waals surface area contributed by atoms with E-state index >= 15 is 0 Å². The van der Waals surface area contributed by atoms with Gasteiger partial charge < -0.3 is 24.3 Å². The Hall–Kier alpha value is -4.11. The minimum atomic E-state index is -0.312. The molecule has 8 nitrogen and oxygen atoms in total. The molecule has 0 atom stereocenters. The minimum absolute atomic E-state index is 0.312. The van der Waals surface area contributed by atoms with Crippen molar-refractivity contribution in [3.63, 3.8) is 0 Å². The van der Waals surface area contributed by atoms with E-state index < -0.39 is 0 Å². The van der Waals surface area contributed by atoms with Gasteiger partial charge in [0.25, 0.3) is 0 Å². The second-order valence-corrected chi connectivity index (χ2v) is 8.80. The number of H-pyrrole nitrogens is 1. The highest BCUT2D eigenvalue weighted by molar-refractivity contribution is 5.79. The average Bonchev–Trinajstić information content (AvgIpc) is 3.53. The summed E-state index contributed by atoms with van der Waals surface area (Å²) in [5.74, 6) is 3.07. The van der Waals surface area contributed by atoms with Crippen molar-refractivity contribution in [3.8, 4) is 17.3 Å². The molecular formula is C27H27FN6O2. The number of aromatic nitrogens is 4. The Balaban J connectivity index is 1.40. The zero-order chi connectivity index (χ0) is 24.5. The van der Waals surface area contributed by atoms with Gasteiger partial charge in [-0.25, -0.2) is 9.37 Å². The monoisotopic (exact) mass is 486 g/mol. The van der Waals surface area contributed by atoms with Crippen LogP contribution in [0.3, 0.4) is 0 Å². The van der Waals surface area contributed by atoms with Crippen molar-refractivity contribution < 1.29 is 13.9 Å². The fourth-order valence-corrected chi connectivity index (χ4v) is 4.63. The average molecular weight is 487 g/mol. The molecule has 0 radical (unpaired) electrons. The SMILES string of the molecule is COc1ccc(Cn2nc(N3CC=CC=C3N3CCOCC3)cc2-c2nc3cc(F)ccc3[nH]2)cc1. The van der Waals surface area contributed by atoms with Crippen molar-refractivity contribution in [2.45, 2.75) is 6.54 Å². The normalized spacial score (nSPS) is 16.0. The van der Waals surface area contributed by atoms with Crippen LogP contribution >= 0.6 is 0 Å². The molecule has 0 bridgehead atoms. The number of nitrogens with one attached hydrogen (secondary N) is 1. The summed E-state index contributed by atoms with van der Waals surface area (Å²) >= 11 is 0. The summed E-state index contributed by atoms with van der Waals surface area (Å²) in [6.45, 7) is 4.36. The van der Waals surface area contributed by atoms with Crippen LogP contribution in [-0.4, -0.2) is 64.6 Å². The van der Waals surface area contributed by atoms with Crippen molar-refractivity contribution in [1.29, 1.82) is 0 Å². The number of allylic oxidation sites excluding steroid dienone is 2. The van der Waals surface area contributed by atoms with Gasteiger partial charge in [0.15, 0.2) is 11.6 Å². The molecule has 2 aliphatic rings. The van der Waals surface area contributed by atoms with Crippen LogP contribution in [0.1, 0.15) is 5.56 Å². The number of hydrogen-bond donors (Lipinski definition) is 1. The number of morpholine rings is 1. The highest BCUT2D eigenvalue weighted by Gasteiger charge is 2.25. The van der Waals surface area contributed by atoms with E-state index in [4.69, 9.17) is 19.6 Å². The van der Waals surface area contributed by atoms with E-state index in [9.17, 15) is 4.39 Å². The van der Waals surface area contributed by atoms with Gasteiger partial charge in [0.05, 0.1) is 37.9 Å². The van der Waals surface area contributed by atoms with Crippen molar-refractivity contribution in [3.05, 3.63) is 84.0 Å². The molecule has 1 fully saturated rings. The van der Waals surface area contributed by atoms with Crippen LogP contribution in [0, 0.1) is 5.82 Å². The number of benzene rings is 2. The molecule has 6 rings (SSSR count). The largest absolute Gasteiger partial charge is 0.497 e. The number of nitrogens with zero attached hydrogens (tertiary/aromatic N) is 5. The van der Waals surface area contributed by atoms with Crippen LogP contribution in [0.4, 0.5) is 10.2 Å². The molecule has 4 aromatic rings. The van der Waals surface area contributed by atoms with E-state index in [1.165, 1.54) is 12.1 Å². The molecule has 184 valence electrons. The Bertz CT molecular complexity index is 1430. The number of halogens is 1. The molecule has 0 saturated carbocycles. The topological polar surface area (TPSA) is 71.4 Å². The first-order valence-electron chi connectivity index (χ1n) is 12.0. The molecule has 2 aliphatic heterocycles. The minimum Gasteiger partial charge on any atom is -0.497 e. The van der Waals surface area contributed by atoms with E-state index in [-0.39, 0.29) is 5.82 Å². The summed E-state index contributed by atoms with van der Waals surface area (Å²) in [7, 11) is 1.66. The van der Waals surface area contributed by atoms with Crippen molar-refractivity contribution >= 4 is 16.9 Å². The molecule has 2 aromatic heterocycles. The molecule has 1 saturated heterocycles. The van der Waals surface area contributed by atoms with Gasteiger partial charge in [0.2, 0.25) is 0 Å². The van der Waals surface area contributed by atoms with Crippen molar-refractivity contribution in [2.75, 3.05) is 44.9 Å². The third-order valence-corrected chi connectivity index (χ3v) is 6.50. The van der Waals surface area contributed by atoms with Crippen LogP contribution < -0.4 is 9.64 Å². The van der Waals surface area contributed by atoms with Gasteiger partial charge in [-0.05, 0) is 35.9 Å². The Kier molecular flexibility index (Phi) is 5.90. The lowest BCUT2D eigenvalue weighted by atomic mass is 10.2. The number of aromatic amines is 1. The van der Waals surface area contributed by atoms with Crippen LogP contribution in [0.25, 0.3) is 22.6 Å². The number of hydrogen-bond acceptors (Lipinski definition) is 6. The third-order valence-electron chi connectivity index (χ3n) is 6.50. The number of anilines is 1. The summed E-state index contributed by atoms with van der Waals surface area (Å²) in [6.07, 6.45) is 6.33. The highest BCUT2D eigenvalue weighted by Crippen LogP contribution is 2.30. The highest BCUT2D eigenvalue weighted by atomic mass is 19.1. The van der Waals surface area contributed by atoms with Gasteiger partial charge in [0.1, 0.15) is 23.1 Å². The van der Waals surface area contributed by atoms with E-state index in [1.54, 1.807) is 13.2 Å². The first-order valence-corrected chi connectivity index (χ1v) is 12.0. The number of imidazole rings is 1. The summed E-state index contributed by atoms with van der Waals surface area (Å²) in [5, 5.41) is 5.03. The molecular weight excluding hydrogens is 459 g/mol. The molecule has 0 unspecified atom stereocenters. The second-order valence-electron chi connectivity index (χ2n) is 8.80. The predicted molar refractivity (Wildman–Crippen MR) is 136 cm³/mol. The predicted octanol–water partition coefficient (Wildman–Crippen LogP) is 4.17. The summed E-state index contributed by atoms with van der Waals surface area (Å²) in [4.78, 5) is 12.6. The zero-order valence-corrected chi connectivity index (χ0v) is 20.0. The number of methoxy groups -OCH3 is 1. The quantitative estimate of drug-likeness (QED) is 0.441. The molecule has 0 spiro atoms. The lowest BCUT2D eigenvalue weighted by molar-refractivity contribution is 0.0524. The van der Waals surface area contributed by atoms with Crippen molar-refractivity contribution in [2.24, 2.45) is 0 Å². The molecule has 0 amide bonds. The number of rotatable bonds is 6. The van der Waals surface area contributed by atoms with Gasteiger partial charge in [-0.15, -0.1) is 0 Å². The first kappa shape index (κ1) is 22.4. The van der Waals surface area contributed by atoms with Gasteiger partial charge in [-0.1, -0.05) is 24.3 Å². The Morgan fingerprint density at radius 2 is 1.92 bits per heavy atom. The maximum atomic E-state index is 13.8. The van der Waals surface area contributed by atoms with Crippen molar-refractivity contribution in [1.82, 2.24) is 24.6 Å². The van der Waals surface area contributed by atoms with Crippen LogP contribution in [-0.2, 0) is 11.3 Å². The molecule has 36 heavy (non-hydrogen) atoms. The molecule has 9 heteroatoms. The summed E-state index contributed by atoms with van der Waals surface area (Å²) in [5.41, 5.74) is 3.27. The lowest BCUT2D eigenvalue weighted by Gasteiger charge is -2.37. The maximum absolute atomic E-state index is 13.8. The summed E-state index contributed by atoms with van der Waals surface area (Å²) < 4.78 is 26.6. The number of fused-ring (bicyclic) bond motifs is 1. The fraction of sp³-hybridized carbons (Fsp3) is 0.259. The number of ether oxygens (including phenoxy) is 2. The van der Waals surface area contributed by atoms with Gasteiger partial charge in [-0.2, -0.15) is 5.10 Å². The second kappa shape index (κ2) is 9.50. The summed E-state index contributed by atoms with van der Waals surface area (Å²) in [6, 6.07) is 14.6. The van der Waals surface area contributed by atoms with Gasteiger partial charge in [0, 0.05) is 31.8 Å². The molecule has 0 aliphatic carbocycles. The van der Waals surface area contributed by atoms with Gasteiger partial charge in [-0.3, -0.25) is 4.68 Å². The van der Waals surface area contributed by atoms with E-state index in [0.29, 0.717) is 37.6 Å². The Morgan fingerprint density at radius 1 is 1.08 bits per heavy atom. The lowest BCUT2D eigenvalue weighted by Crippen LogP contribution is -2.43. The van der Waals surface area contributed by atoms with E-state index in [0.717, 1.165) is 47.3 Å².